The van der Waals surface area contributed by atoms with Crippen LogP contribution in [0, 0.1) is 0 Å². The predicted molar refractivity (Wildman–Crippen MR) is 104 cm³/mol. The van der Waals surface area contributed by atoms with Crippen molar-refractivity contribution in [3.63, 3.8) is 0 Å². The Labute approximate surface area is 174 Å². The zero-order valence-electron chi connectivity index (χ0n) is 16.0. The molecule has 3 aromatic rings. The van der Waals surface area contributed by atoms with Crippen LogP contribution in [-0.2, 0) is 12.7 Å². The summed E-state index contributed by atoms with van der Waals surface area (Å²) in [5, 5.41) is 4.83. The molecular weight excluding hydrogens is 417 g/mol. The number of halogens is 3. The van der Waals surface area contributed by atoms with Crippen molar-refractivity contribution in [3.8, 4) is 11.4 Å². The van der Waals surface area contributed by atoms with Crippen LogP contribution in [0.2, 0.25) is 0 Å². The van der Waals surface area contributed by atoms with Crippen molar-refractivity contribution in [1.82, 2.24) is 24.4 Å². The smallest absolute Gasteiger partial charge is 0.344 e. The fraction of sp³-hybridized carbons (Fsp3) is 0.474. The second-order valence-electron chi connectivity index (χ2n) is 7.56. The second kappa shape index (κ2) is 7.62. The summed E-state index contributed by atoms with van der Waals surface area (Å²) in [6, 6.07) is 4.94. The number of aromatic nitrogens is 4. The topological polar surface area (TPSA) is 71.2 Å². The number of anilines is 1. The van der Waals surface area contributed by atoms with E-state index >= 15 is 0 Å². The molecule has 0 N–H and O–H groups in total. The lowest BCUT2D eigenvalue weighted by molar-refractivity contribution is -0.137. The highest BCUT2D eigenvalue weighted by Crippen LogP contribution is 2.39. The third kappa shape index (κ3) is 4.17. The maximum absolute atomic E-state index is 12.9. The lowest BCUT2D eigenvalue weighted by Gasteiger charge is -2.33. The number of hydrogen-bond acceptors (Lipinski definition) is 8. The summed E-state index contributed by atoms with van der Waals surface area (Å²) in [4.78, 5) is 13.4. The zero-order valence-corrected chi connectivity index (χ0v) is 16.8. The number of nitrogens with zero attached hydrogens (tertiary/aromatic N) is 6. The van der Waals surface area contributed by atoms with Crippen molar-refractivity contribution in [3.05, 3.63) is 41.5 Å². The highest BCUT2D eigenvalue weighted by molar-refractivity contribution is 7.09. The van der Waals surface area contributed by atoms with Crippen molar-refractivity contribution in [1.29, 1.82) is 0 Å². The molecule has 3 heterocycles. The van der Waals surface area contributed by atoms with Gasteiger partial charge in [0.05, 0.1) is 12.1 Å². The Morgan fingerprint density at radius 2 is 1.90 bits per heavy atom. The first kappa shape index (κ1) is 19.4. The van der Waals surface area contributed by atoms with Gasteiger partial charge in [-0.1, -0.05) is 17.3 Å². The summed E-state index contributed by atoms with van der Waals surface area (Å²) in [6.07, 6.45) is -2.03. The molecule has 30 heavy (non-hydrogen) atoms. The van der Waals surface area contributed by atoms with Crippen molar-refractivity contribution in [2.24, 2.45) is 0 Å². The van der Waals surface area contributed by atoms with E-state index in [-0.39, 0.29) is 11.4 Å². The number of rotatable bonds is 5. The molecule has 7 nitrogen and oxygen atoms in total. The lowest BCUT2D eigenvalue weighted by atomic mass is 10.1. The quantitative estimate of drug-likeness (QED) is 0.602. The van der Waals surface area contributed by atoms with Gasteiger partial charge in [0.25, 0.3) is 0 Å². The molecule has 2 aliphatic rings. The minimum Gasteiger partial charge on any atom is -0.344 e. The summed E-state index contributed by atoms with van der Waals surface area (Å²) in [7, 11) is 0. The molecular formula is C19H19F3N6OS. The van der Waals surface area contributed by atoms with Crippen LogP contribution in [0.1, 0.15) is 36.0 Å². The zero-order chi connectivity index (χ0) is 20.7. The molecule has 1 aliphatic carbocycles. The van der Waals surface area contributed by atoms with Gasteiger partial charge in [0.15, 0.2) is 0 Å². The first-order chi connectivity index (χ1) is 14.5. The van der Waals surface area contributed by atoms with E-state index in [1.807, 2.05) is 0 Å². The molecule has 0 atom stereocenters. The maximum Gasteiger partial charge on any atom is 0.416 e. The summed E-state index contributed by atoms with van der Waals surface area (Å²) < 4.78 is 48.5. The maximum atomic E-state index is 12.9. The standard InChI is InChI=1S/C19H19F3N6OS/c20-19(21,22)14-3-1-2-13(10-14)16-23-15(29-25-16)11-27-6-8-28(9-7-27)18-24-17(26-30-18)12-4-5-12/h1-3,10,12H,4-9,11H2. The van der Waals surface area contributed by atoms with E-state index < -0.39 is 11.7 Å². The van der Waals surface area contributed by atoms with E-state index in [0.29, 0.717) is 18.4 Å². The van der Waals surface area contributed by atoms with Gasteiger partial charge in [-0.05, 0) is 25.0 Å². The highest BCUT2D eigenvalue weighted by Gasteiger charge is 2.31. The number of alkyl halides is 3. The molecule has 1 saturated heterocycles. The van der Waals surface area contributed by atoms with Gasteiger partial charge in [-0.15, -0.1) is 0 Å². The summed E-state index contributed by atoms with van der Waals surface area (Å²) in [5.41, 5.74) is -0.448. The Balaban J connectivity index is 1.19. The van der Waals surface area contributed by atoms with E-state index in [1.165, 1.54) is 30.4 Å². The van der Waals surface area contributed by atoms with Gasteiger partial charge >= 0.3 is 6.18 Å². The Morgan fingerprint density at radius 3 is 2.63 bits per heavy atom. The lowest BCUT2D eigenvalue weighted by Crippen LogP contribution is -2.46. The van der Waals surface area contributed by atoms with Crippen LogP contribution in [-0.4, -0.2) is 50.6 Å². The van der Waals surface area contributed by atoms with Gasteiger partial charge < -0.3 is 9.42 Å². The average molecular weight is 436 g/mol. The summed E-state index contributed by atoms with van der Waals surface area (Å²) >= 11 is 1.46. The van der Waals surface area contributed by atoms with Gasteiger partial charge in [-0.3, -0.25) is 4.90 Å². The van der Waals surface area contributed by atoms with Gasteiger partial charge in [-0.25, -0.2) is 4.98 Å². The SMILES string of the molecule is FC(F)(F)c1cccc(-c2noc(CN3CCN(c4nc(C5CC5)ns4)CC3)n2)c1. The van der Waals surface area contributed by atoms with Crippen LogP contribution in [0.5, 0.6) is 0 Å². The van der Waals surface area contributed by atoms with Crippen molar-refractivity contribution in [2.45, 2.75) is 31.5 Å². The number of hydrogen-bond donors (Lipinski definition) is 0. The van der Waals surface area contributed by atoms with E-state index in [4.69, 9.17) is 4.52 Å². The molecule has 0 spiro atoms. The summed E-state index contributed by atoms with van der Waals surface area (Å²) in [6.45, 7) is 3.73. The molecule has 0 bridgehead atoms. The van der Waals surface area contributed by atoms with Gasteiger partial charge in [0.1, 0.15) is 5.82 Å². The molecule has 5 rings (SSSR count). The fourth-order valence-electron chi connectivity index (χ4n) is 3.42. The molecule has 0 radical (unpaired) electrons. The molecule has 158 valence electrons. The third-order valence-corrected chi connectivity index (χ3v) is 6.08. The first-order valence-electron chi connectivity index (χ1n) is 9.77. The van der Waals surface area contributed by atoms with Crippen LogP contribution in [0.3, 0.4) is 0 Å². The highest BCUT2D eigenvalue weighted by atomic mass is 32.1. The predicted octanol–water partition coefficient (Wildman–Crippen LogP) is 3.81. The molecule has 1 aromatic carbocycles. The van der Waals surface area contributed by atoms with Gasteiger partial charge in [-0.2, -0.15) is 22.5 Å². The molecule has 11 heteroatoms. The number of piperazine rings is 1. The van der Waals surface area contributed by atoms with Crippen molar-refractivity contribution in [2.75, 3.05) is 31.1 Å². The van der Waals surface area contributed by atoms with Crippen molar-refractivity contribution < 1.29 is 17.7 Å². The van der Waals surface area contributed by atoms with E-state index in [2.05, 4.69) is 29.3 Å². The van der Waals surface area contributed by atoms with E-state index in [9.17, 15) is 13.2 Å². The van der Waals surface area contributed by atoms with Crippen LogP contribution in [0.4, 0.5) is 18.3 Å². The van der Waals surface area contributed by atoms with Crippen LogP contribution in [0.25, 0.3) is 11.4 Å². The Hall–Kier alpha value is -2.53. The van der Waals surface area contributed by atoms with Crippen LogP contribution in [0.15, 0.2) is 28.8 Å². The Bertz CT molecular complexity index is 1020. The molecule has 1 saturated carbocycles. The second-order valence-corrected chi connectivity index (χ2v) is 8.29. The fourth-order valence-corrected chi connectivity index (χ4v) is 4.22. The molecule has 0 amide bonds. The first-order valence-corrected chi connectivity index (χ1v) is 10.5. The van der Waals surface area contributed by atoms with E-state index in [0.717, 1.165) is 49.3 Å². The number of benzene rings is 1. The van der Waals surface area contributed by atoms with Crippen LogP contribution >= 0.6 is 11.5 Å². The molecule has 2 aromatic heterocycles. The van der Waals surface area contributed by atoms with Gasteiger partial charge in [0, 0.05) is 49.2 Å². The van der Waals surface area contributed by atoms with Crippen molar-refractivity contribution >= 4 is 16.7 Å². The molecule has 0 unspecified atom stereocenters. The summed E-state index contributed by atoms with van der Waals surface area (Å²) in [5.74, 6) is 2.09. The normalized spacial score (nSPS) is 18.2. The van der Waals surface area contributed by atoms with E-state index in [1.54, 1.807) is 6.07 Å². The monoisotopic (exact) mass is 436 g/mol. The Kier molecular flexibility index (Phi) is 4.94. The average Bonchev–Trinajstić information content (AvgIpc) is 3.28. The minimum absolute atomic E-state index is 0.163. The molecule has 2 fully saturated rings. The third-order valence-electron chi connectivity index (χ3n) is 5.29. The minimum atomic E-state index is -4.41. The Morgan fingerprint density at radius 1 is 1.10 bits per heavy atom. The largest absolute Gasteiger partial charge is 0.416 e. The van der Waals surface area contributed by atoms with Crippen LogP contribution < -0.4 is 4.90 Å². The van der Waals surface area contributed by atoms with Gasteiger partial charge in [0.2, 0.25) is 16.8 Å². The molecule has 1 aliphatic heterocycles.